The Kier molecular flexibility index (Phi) is 9.08. The fraction of sp³-hybridized carbons (Fsp3) is 0.268. The van der Waals surface area contributed by atoms with Crippen LogP contribution in [0, 0.1) is 11.8 Å². The lowest BCUT2D eigenvalue weighted by Crippen LogP contribution is -2.39. The molecule has 0 bridgehead atoms. The molecule has 2 saturated heterocycles. The van der Waals surface area contributed by atoms with Gasteiger partial charge in [-0.05, 0) is 79.6 Å². The van der Waals surface area contributed by atoms with Gasteiger partial charge in [-0.2, -0.15) is 0 Å². The van der Waals surface area contributed by atoms with Crippen molar-refractivity contribution in [2.45, 2.75) is 57.4 Å². The van der Waals surface area contributed by atoms with E-state index in [1.54, 1.807) is 9.80 Å². The molecule has 2 N–H and O–H groups in total. The summed E-state index contributed by atoms with van der Waals surface area (Å²) in [6, 6.07) is 30.9. The van der Waals surface area contributed by atoms with Crippen LogP contribution in [0.15, 0.2) is 97.1 Å². The van der Waals surface area contributed by atoms with Crippen LogP contribution in [0.3, 0.4) is 0 Å². The summed E-state index contributed by atoms with van der Waals surface area (Å²) in [6.07, 6.45) is 3.84. The van der Waals surface area contributed by atoms with E-state index in [1.165, 1.54) is 0 Å². The number of aromatic nitrogens is 4. The molecule has 2 aliphatic rings. The summed E-state index contributed by atoms with van der Waals surface area (Å²) < 4.78 is 11.3. The highest BCUT2D eigenvalue weighted by atomic mass is 16.6. The second-order valence-corrected chi connectivity index (χ2v) is 13.1. The molecule has 0 aliphatic carbocycles. The van der Waals surface area contributed by atoms with E-state index in [2.05, 4.69) is 21.8 Å². The number of nitrogens with zero attached hydrogens (tertiary/aromatic N) is 4. The van der Waals surface area contributed by atoms with Crippen LogP contribution in [-0.4, -0.2) is 55.0 Å². The lowest BCUT2D eigenvalue weighted by Gasteiger charge is -2.33. The number of fused-ring (bicyclic) bond motifs is 2. The van der Waals surface area contributed by atoms with Crippen LogP contribution in [0.25, 0.3) is 22.1 Å². The summed E-state index contributed by atoms with van der Waals surface area (Å²) >= 11 is 0. The van der Waals surface area contributed by atoms with Crippen molar-refractivity contribution >= 4 is 34.3 Å². The Bertz CT molecular complexity index is 2240. The van der Waals surface area contributed by atoms with Crippen molar-refractivity contribution in [1.82, 2.24) is 29.7 Å². The topological polar surface area (TPSA) is 116 Å². The van der Waals surface area contributed by atoms with Crippen molar-refractivity contribution < 1.29 is 19.1 Å². The van der Waals surface area contributed by atoms with E-state index in [9.17, 15) is 9.59 Å². The van der Waals surface area contributed by atoms with Crippen LogP contribution in [0.5, 0.6) is 0 Å². The first kappa shape index (κ1) is 32.1. The number of amides is 2. The number of carbonyl (C=O) groups excluding carboxylic acids is 2. The molecule has 4 aromatic carbocycles. The fourth-order valence-corrected chi connectivity index (χ4v) is 6.98. The summed E-state index contributed by atoms with van der Waals surface area (Å²) in [5, 5.41) is 0. The Morgan fingerprint density at radius 1 is 0.627 bits per heavy atom. The number of benzene rings is 4. The monoisotopic (exact) mass is 678 g/mol. The number of nitrogens with one attached hydrogen (secondary N) is 2. The third-order valence-corrected chi connectivity index (χ3v) is 9.62. The Labute approximate surface area is 295 Å². The summed E-state index contributed by atoms with van der Waals surface area (Å²) in [6.45, 7) is 1.75. The Morgan fingerprint density at radius 2 is 1.18 bits per heavy atom. The smallest absolute Gasteiger partial charge is 0.410 e. The quantitative estimate of drug-likeness (QED) is 0.172. The minimum Gasteiger partial charge on any atom is -0.445 e. The molecule has 2 fully saturated rings. The van der Waals surface area contributed by atoms with Gasteiger partial charge in [-0.3, -0.25) is 9.80 Å². The van der Waals surface area contributed by atoms with Gasteiger partial charge in [0.25, 0.3) is 0 Å². The second kappa shape index (κ2) is 14.4. The average molecular weight is 679 g/mol. The van der Waals surface area contributed by atoms with Gasteiger partial charge in [0.05, 0.1) is 34.2 Å². The normalized spacial score (nSPS) is 17.3. The Hall–Kier alpha value is -6.08. The van der Waals surface area contributed by atoms with E-state index in [0.29, 0.717) is 13.1 Å². The molecule has 4 heterocycles. The number of carbonyl (C=O) groups is 2. The van der Waals surface area contributed by atoms with Crippen LogP contribution < -0.4 is 0 Å². The molecule has 8 rings (SSSR count). The second-order valence-electron chi connectivity index (χ2n) is 13.1. The number of imidazole rings is 2. The molecule has 2 aromatic heterocycles. The summed E-state index contributed by atoms with van der Waals surface area (Å²) in [4.78, 5) is 46.3. The van der Waals surface area contributed by atoms with E-state index < -0.39 is 0 Å². The van der Waals surface area contributed by atoms with Gasteiger partial charge < -0.3 is 19.4 Å². The van der Waals surface area contributed by atoms with Gasteiger partial charge in [0, 0.05) is 24.2 Å². The number of likely N-dealkylation sites (tertiary alicyclic amines) is 2. The maximum atomic E-state index is 13.1. The van der Waals surface area contributed by atoms with Gasteiger partial charge >= 0.3 is 12.2 Å². The molecule has 0 radical (unpaired) electrons. The van der Waals surface area contributed by atoms with E-state index >= 15 is 0 Å². The molecule has 10 nitrogen and oxygen atoms in total. The molecule has 6 aromatic rings. The van der Waals surface area contributed by atoms with Crippen LogP contribution >= 0.6 is 0 Å². The van der Waals surface area contributed by atoms with Crippen molar-refractivity contribution in [2.75, 3.05) is 13.1 Å². The van der Waals surface area contributed by atoms with Gasteiger partial charge in [0.15, 0.2) is 0 Å². The van der Waals surface area contributed by atoms with Crippen LogP contribution in [0.2, 0.25) is 0 Å². The van der Waals surface area contributed by atoms with Crippen molar-refractivity contribution in [3.05, 3.63) is 131 Å². The maximum Gasteiger partial charge on any atom is 0.410 e. The highest BCUT2D eigenvalue weighted by Crippen LogP contribution is 2.33. The first-order valence-corrected chi connectivity index (χ1v) is 17.5. The summed E-state index contributed by atoms with van der Waals surface area (Å²) in [5.74, 6) is 8.09. The molecular formula is C41H38N6O4. The zero-order chi connectivity index (χ0) is 34.6. The van der Waals surface area contributed by atoms with Gasteiger partial charge in [-0.15, -0.1) is 0 Å². The number of H-pyrrole nitrogens is 2. The fourth-order valence-electron chi connectivity index (χ4n) is 6.98. The maximum absolute atomic E-state index is 13.1. The SMILES string of the molecule is O=C(OCc1ccccc1)N1CCCC1c1nc2ccc(C#Cc3ccc4[nH]c([C@@H]5CCCCN5C(=O)OCc5ccccc5)nc4c3)cc2[nH]1. The summed E-state index contributed by atoms with van der Waals surface area (Å²) in [7, 11) is 0. The van der Waals surface area contributed by atoms with E-state index in [-0.39, 0.29) is 37.5 Å². The molecule has 2 amide bonds. The molecule has 10 heteroatoms. The minimum absolute atomic E-state index is 0.165. The molecule has 51 heavy (non-hydrogen) atoms. The molecule has 256 valence electrons. The lowest BCUT2D eigenvalue weighted by molar-refractivity contribution is 0.0661. The van der Waals surface area contributed by atoms with Crippen LogP contribution in [0.1, 0.15) is 78.1 Å². The van der Waals surface area contributed by atoms with Crippen LogP contribution in [0.4, 0.5) is 9.59 Å². The molecule has 1 unspecified atom stereocenters. The predicted octanol–water partition coefficient (Wildman–Crippen LogP) is 8.18. The average Bonchev–Trinajstić information content (AvgIpc) is 3.94. The Morgan fingerprint density at radius 3 is 1.84 bits per heavy atom. The number of piperidine rings is 1. The van der Waals surface area contributed by atoms with Crippen LogP contribution in [-0.2, 0) is 22.7 Å². The standard InChI is InChI=1S/C41H38N6O4/c48-40(50-26-30-10-3-1-4-11-30)46-22-8-7-14-36(46)38-42-32-20-18-28(24-34(32)44-38)16-17-29-19-21-33-35(25-29)45-39(43-33)37-15-9-23-47(37)41(49)51-27-31-12-5-2-6-13-31/h1-6,10-13,18-21,24-25,36-37H,7-9,14-15,22-23,26-27H2,(H,42,44)(H,43,45)/t36-,37?/m0/s1. The molecule has 0 spiro atoms. The number of aromatic amines is 2. The predicted molar refractivity (Wildman–Crippen MR) is 193 cm³/mol. The van der Waals surface area contributed by atoms with Gasteiger partial charge in [-0.1, -0.05) is 72.5 Å². The first-order valence-electron chi connectivity index (χ1n) is 17.5. The minimum atomic E-state index is -0.327. The largest absolute Gasteiger partial charge is 0.445 e. The molecular weight excluding hydrogens is 640 g/mol. The van der Waals surface area contributed by atoms with Gasteiger partial charge in [0.1, 0.15) is 24.9 Å². The Balaban J connectivity index is 0.946. The highest BCUT2D eigenvalue weighted by Gasteiger charge is 2.34. The number of rotatable bonds is 6. The first-order chi connectivity index (χ1) is 25.1. The van der Waals surface area contributed by atoms with Gasteiger partial charge in [0.2, 0.25) is 0 Å². The summed E-state index contributed by atoms with van der Waals surface area (Å²) in [5.41, 5.74) is 6.99. The molecule has 2 aliphatic heterocycles. The zero-order valence-electron chi connectivity index (χ0n) is 28.2. The van der Waals surface area contributed by atoms with E-state index in [1.807, 2.05) is 97.1 Å². The van der Waals surface area contributed by atoms with Crippen molar-refractivity contribution in [1.29, 1.82) is 0 Å². The molecule has 2 atom stereocenters. The van der Waals surface area contributed by atoms with Crippen molar-refractivity contribution in [3.63, 3.8) is 0 Å². The highest BCUT2D eigenvalue weighted by molar-refractivity contribution is 5.79. The van der Waals surface area contributed by atoms with Gasteiger partial charge in [-0.25, -0.2) is 19.6 Å². The lowest BCUT2D eigenvalue weighted by atomic mass is 10.0. The van der Waals surface area contributed by atoms with E-state index in [4.69, 9.17) is 19.4 Å². The molecule has 0 saturated carbocycles. The number of hydrogen-bond donors (Lipinski definition) is 2. The van der Waals surface area contributed by atoms with E-state index in [0.717, 1.165) is 88.1 Å². The zero-order valence-corrected chi connectivity index (χ0v) is 28.2. The van der Waals surface area contributed by atoms with Crippen molar-refractivity contribution in [2.24, 2.45) is 0 Å². The third-order valence-electron chi connectivity index (χ3n) is 9.62. The third kappa shape index (κ3) is 7.15. The van der Waals surface area contributed by atoms with Crippen molar-refractivity contribution in [3.8, 4) is 11.8 Å². The number of hydrogen-bond acceptors (Lipinski definition) is 6. The number of ether oxygens (including phenoxy) is 2.